The Morgan fingerprint density at radius 1 is 0.138 bits per heavy atom. The summed E-state index contributed by atoms with van der Waals surface area (Å²) in [5, 5.41) is 0. The SMILES string of the molecule is c1ccc2c(c1)-c1ccccc1N1c3ccccc3-c3ccccc3-c3cc(N(c4cc5c6c(c4)-c4ccccc4-c4ccccc4N6c4ccccc4-c4ccccc4-5)c4cc5c6c(c4)-c4ccccc4-c4ccccc4N6c4ccccc4-c4ccccc4-5)cc-2c31. The lowest BCUT2D eigenvalue weighted by Gasteiger charge is -2.34. The molecule has 0 unspecified atom stereocenters. The zero-order valence-electron chi connectivity index (χ0n) is 51.0. The van der Waals surface area contributed by atoms with E-state index >= 15 is 0 Å². The van der Waals surface area contributed by atoms with Gasteiger partial charge in [0.25, 0.3) is 0 Å². The molecule has 6 aliphatic rings. The summed E-state index contributed by atoms with van der Waals surface area (Å²) in [7, 11) is 0. The van der Waals surface area contributed by atoms with Crippen LogP contribution in [0, 0.1) is 0 Å². The number of hydrogen-bond acceptors (Lipinski definition) is 4. The fourth-order valence-corrected chi connectivity index (χ4v) is 16.9. The highest BCUT2D eigenvalue weighted by atomic mass is 15.2. The van der Waals surface area contributed by atoms with Gasteiger partial charge >= 0.3 is 0 Å². The Morgan fingerprint density at radius 3 is 0.426 bits per heavy atom. The standard InChI is InChI=1S/C90H54N4/c1-7-31-64-58(25-1)70-37-13-19-43-82(70)92-83-44-20-14-38-71(83)59-26-2-8-32-65(59)77-50-55(49-76(64)88(77)92)91(56-51-78-66-33-9-3-27-60(66)72-39-15-21-45-84(72)93-85-46-22-16-40-73(85)61-28-4-10-34-67(61)79(52-56)89(78)93)57-53-80-68-35-11-5-29-62(68)74-41-17-23-47-86(74)94-87-48-24-18-42-75(87)63-30-6-12-36-69(63)81(54-57)90(80)94/h1-54H. The van der Waals surface area contributed by atoms with Crippen LogP contribution in [0.4, 0.5) is 68.2 Å². The third-order valence-corrected chi connectivity index (χ3v) is 20.6. The Labute approximate surface area is 545 Å². The Kier molecular flexibility index (Phi) is 10.6. The van der Waals surface area contributed by atoms with Crippen molar-refractivity contribution in [1.29, 1.82) is 0 Å². The number of hydrogen-bond donors (Lipinski definition) is 0. The van der Waals surface area contributed by atoms with E-state index in [1.165, 1.54) is 100 Å². The first-order chi connectivity index (χ1) is 46.7. The first kappa shape index (κ1) is 51.3. The second-order valence-electron chi connectivity index (χ2n) is 25.4. The van der Waals surface area contributed by atoms with E-state index in [1.807, 2.05) is 0 Å². The second-order valence-corrected chi connectivity index (χ2v) is 25.4. The largest absolute Gasteiger partial charge is 0.310 e. The molecular formula is C90H54N4. The van der Waals surface area contributed by atoms with Crippen LogP contribution in [0.1, 0.15) is 0 Å². The molecule has 0 amide bonds. The molecule has 0 spiro atoms. The molecule has 15 aromatic carbocycles. The lowest BCUT2D eigenvalue weighted by Crippen LogP contribution is -2.16. The van der Waals surface area contributed by atoms with Gasteiger partial charge in [0, 0.05) is 83.8 Å². The normalized spacial score (nSPS) is 12.8. The van der Waals surface area contributed by atoms with Crippen LogP contribution in [0.3, 0.4) is 0 Å². The molecule has 4 heteroatoms. The number of anilines is 12. The van der Waals surface area contributed by atoms with Gasteiger partial charge in [-0.3, -0.25) is 0 Å². The summed E-state index contributed by atoms with van der Waals surface area (Å²) in [4.78, 5) is 10.4. The van der Waals surface area contributed by atoms with Crippen molar-refractivity contribution < 1.29 is 0 Å². The summed E-state index contributed by atoms with van der Waals surface area (Å²) in [6.45, 7) is 0. The molecule has 4 nitrogen and oxygen atoms in total. The highest BCUT2D eigenvalue weighted by Crippen LogP contribution is 2.65. The second kappa shape index (κ2) is 19.5. The van der Waals surface area contributed by atoms with Crippen molar-refractivity contribution in [3.63, 3.8) is 0 Å². The van der Waals surface area contributed by atoms with Gasteiger partial charge in [0.2, 0.25) is 0 Å². The van der Waals surface area contributed by atoms with Gasteiger partial charge in [0.1, 0.15) is 0 Å². The maximum atomic E-state index is 2.63. The molecule has 0 bridgehead atoms. The smallest absolute Gasteiger partial charge is 0.0620 e. The summed E-state index contributed by atoms with van der Waals surface area (Å²) in [5.74, 6) is 0. The zero-order chi connectivity index (χ0) is 61.3. The minimum atomic E-state index is 1.04. The molecule has 0 radical (unpaired) electrons. The van der Waals surface area contributed by atoms with Crippen LogP contribution in [0.25, 0.3) is 134 Å². The van der Waals surface area contributed by atoms with E-state index in [4.69, 9.17) is 0 Å². The number of fused-ring (bicyclic) bond motifs is 30. The van der Waals surface area contributed by atoms with E-state index in [-0.39, 0.29) is 0 Å². The van der Waals surface area contributed by atoms with E-state index in [0.29, 0.717) is 0 Å². The lowest BCUT2D eigenvalue weighted by molar-refractivity contribution is 1.25. The molecule has 0 atom stereocenters. The van der Waals surface area contributed by atoms with Crippen LogP contribution in [-0.2, 0) is 0 Å². The molecule has 0 aromatic heterocycles. The molecule has 0 saturated carbocycles. The molecule has 0 aliphatic carbocycles. The lowest BCUT2D eigenvalue weighted by atomic mass is 9.87. The molecule has 434 valence electrons. The first-order valence-corrected chi connectivity index (χ1v) is 32.6. The third kappa shape index (κ3) is 7.06. The number of para-hydroxylation sites is 6. The van der Waals surface area contributed by atoms with Crippen LogP contribution in [-0.4, -0.2) is 0 Å². The van der Waals surface area contributed by atoms with Gasteiger partial charge in [-0.05, 0) is 140 Å². The summed E-state index contributed by atoms with van der Waals surface area (Å²) in [6, 6.07) is 124. The molecule has 6 aliphatic heterocycles. The Morgan fingerprint density at radius 2 is 0.266 bits per heavy atom. The minimum absolute atomic E-state index is 1.04. The van der Waals surface area contributed by atoms with Gasteiger partial charge in [-0.15, -0.1) is 0 Å². The fraction of sp³-hybridized carbons (Fsp3) is 0. The van der Waals surface area contributed by atoms with Gasteiger partial charge in [-0.1, -0.05) is 255 Å². The van der Waals surface area contributed by atoms with Crippen LogP contribution >= 0.6 is 0 Å². The van der Waals surface area contributed by atoms with Crippen molar-refractivity contribution in [1.82, 2.24) is 0 Å². The maximum absolute atomic E-state index is 2.63. The van der Waals surface area contributed by atoms with Crippen LogP contribution in [0.15, 0.2) is 328 Å². The van der Waals surface area contributed by atoms with E-state index in [2.05, 4.69) is 347 Å². The summed E-state index contributed by atoms with van der Waals surface area (Å²) < 4.78 is 0. The van der Waals surface area contributed by atoms with Crippen LogP contribution in [0.2, 0.25) is 0 Å². The van der Waals surface area contributed by atoms with Gasteiger partial charge in [-0.25, -0.2) is 0 Å². The molecule has 6 heterocycles. The maximum Gasteiger partial charge on any atom is 0.0620 e. The first-order valence-electron chi connectivity index (χ1n) is 32.6. The summed E-state index contributed by atoms with van der Waals surface area (Å²) >= 11 is 0. The average molecular weight is 1190 g/mol. The minimum Gasteiger partial charge on any atom is -0.310 e. The predicted octanol–water partition coefficient (Wildman–Crippen LogP) is 25.5. The molecule has 0 N–H and O–H groups in total. The van der Waals surface area contributed by atoms with Crippen molar-refractivity contribution in [2.75, 3.05) is 19.6 Å². The van der Waals surface area contributed by atoms with Gasteiger partial charge in [0.05, 0.1) is 51.2 Å². The monoisotopic (exact) mass is 1190 g/mol. The number of nitrogens with zero attached hydrogens (tertiary/aromatic N) is 4. The molecule has 0 fully saturated rings. The number of benzene rings is 15. The zero-order valence-corrected chi connectivity index (χ0v) is 51.0. The van der Waals surface area contributed by atoms with E-state index < -0.39 is 0 Å². The molecule has 15 aromatic rings. The van der Waals surface area contributed by atoms with Gasteiger partial charge in [0.15, 0.2) is 0 Å². The third-order valence-electron chi connectivity index (χ3n) is 20.6. The van der Waals surface area contributed by atoms with E-state index in [1.54, 1.807) is 0 Å². The fourth-order valence-electron chi connectivity index (χ4n) is 16.9. The van der Waals surface area contributed by atoms with Crippen LogP contribution in [0.5, 0.6) is 0 Å². The quantitative estimate of drug-likeness (QED) is 0.175. The highest BCUT2D eigenvalue weighted by molar-refractivity contribution is 6.18. The average Bonchev–Trinajstić information content (AvgIpc) is 1.55. The molecule has 21 rings (SSSR count). The van der Waals surface area contributed by atoms with E-state index in [9.17, 15) is 0 Å². The van der Waals surface area contributed by atoms with Crippen molar-refractivity contribution in [2.24, 2.45) is 0 Å². The molecule has 0 saturated heterocycles. The number of rotatable bonds is 3. The van der Waals surface area contributed by atoms with Crippen molar-refractivity contribution in [2.45, 2.75) is 0 Å². The van der Waals surface area contributed by atoms with Crippen LogP contribution < -0.4 is 19.6 Å². The van der Waals surface area contributed by atoms with E-state index in [0.717, 1.165) is 102 Å². The summed E-state index contributed by atoms with van der Waals surface area (Å²) in [5.41, 5.74) is 41.7. The van der Waals surface area contributed by atoms with Crippen molar-refractivity contribution >= 4 is 68.2 Å². The Balaban J connectivity index is 0.953. The predicted molar refractivity (Wildman–Crippen MR) is 392 cm³/mol. The van der Waals surface area contributed by atoms with Gasteiger partial charge in [-0.2, -0.15) is 0 Å². The van der Waals surface area contributed by atoms with Crippen molar-refractivity contribution in [3.8, 4) is 134 Å². The Bertz CT molecular complexity index is 4910. The molecule has 94 heavy (non-hydrogen) atoms. The Hall–Kier alpha value is -12.5. The highest BCUT2D eigenvalue weighted by Gasteiger charge is 2.40. The van der Waals surface area contributed by atoms with Crippen molar-refractivity contribution in [3.05, 3.63) is 328 Å². The van der Waals surface area contributed by atoms with Gasteiger partial charge < -0.3 is 19.6 Å². The molecular weight excluding hydrogens is 1140 g/mol. The summed E-state index contributed by atoms with van der Waals surface area (Å²) in [6.07, 6.45) is 0. The topological polar surface area (TPSA) is 13.0 Å².